The van der Waals surface area contributed by atoms with Crippen molar-refractivity contribution in [3.05, 3.63) is 6.42 Å². The molecule has 1 atom stereocenters. The van der Waals surface area contributed by atoms with Crippen LogP contribution in [-0.2, 0) is 0 Å². The fraction of sp³-hybridized carbons (Fsp3) is 0.800. The molecule has 0 bridgehead atoms. The summed E-state index contributed by atoms with van der Waals surface area (Å²) in [5, 5.41) is 8.48. The van der Waals surface area contributed by atoms with E-state index in [1.165, 1.54) is 0 Å². The van der Waals surface area contributed by atoms with Crippen LogP contribution in [0.1, 0.15) is 0 Å². The molecule has 0 amide bonds. The zero-order chi connectivity index (χ0) is 5.28. The highest BCUT2D eigenvalue weighted by Gasteiger charge is 2.22. The van der Waals surface area contributed by atoms with Gasteiger partial charge in [0.25, 0.3) is 0 Å². The first-order chi connectivity index (χ1) is 3.34. The number of hydrogen-bond donors (Lipinski definition) is 1. The first-order valence-electron chi connectivity index (χ1n) is 2.49. The van der Waals surface area contributed by atoms with Crippen molar-refractivity contribution in [2.24, 2.45) is 0 Å². The Balaban J connectivity index is 2.16. The van der Waals surface area contributed by atoms with Gasteiger partial charge in [-0.25, -0.2) is 0 Å². The lowest BCUT2D eigenvalue weighted by Gasteiger charge is -2.35. The van der Waals surface area contributed by atoms with Gasteiger partial charge < -0.3 is 10.0 Å². The minimum absolute atomic E-state index is 0.274. The van der Waals surface area contributed by atoms with Gasteiger partial charge in [-0.15, -0.1) is 0 Å². The molecule has 7 heavy (non-hydrogen) atoms. The van der Waals surface area contributed by atoms with Crippen LogP contribution in [0.2, 0.25) is 0 Å². The molecule has 1 radical (unpaired) electrons. The summed E-state index contributed by atoms with van der Waals surface area (Å²) < 4.78 is 0. The van der Waals surface area contributed by atoms with E-state index in [4.69, 9.17) is 5.11 Å². The molecule has 0 spiro atoms. The largest absolute Gasteiger partial charge is 0.395 e. The van der Waals surface area contributed by atoms with E-state index in [-0.39, 0.29) is 6.61 Å². The standard InChI is InChI=1S/C5H10NO/c1-6-3-2-5(6)4-7/h2,5,7H,3-4H2,1H3. The quantitative estimate of drug-likeness (QED) is 0.480. The third-order valence-corrected chi connectivity index (χ3v) is 1.42. The second-order valence-electron chi connectivity index (χ2n) is 1.93. The van der Waals surface area contributed by atoms with Crippen LogP contribution in [0.15, 0.2) is 0 Å². The van der Waals surface area contributed by atoms with Gasteiger partial charge in [-0.3, -0.25) is 0 Å². The van der Waals surface area contributed by atoms with Crippen molar-refractivity contribution < 1.29 is 5.11 Å². The Kier molecular flexibility index (Phi) is 1.30. The van der Waals surface area contributed by atoms with Crippen LogP contribution in [0.4, 0.5) is 0 Å². The van der Waals surface area contributed by atoms with Crippen molar-refractivity contribution in [2.45, 2.75) is 6.04 Å². The number of aliphatic hydroxyl groups excluding tert-OH is 1. The molecular weight excluding hydrogens is 90.1 g/mol. The Morgan fingerprint density at radius 2 is 2.71 bits per heavy atom. The van der Waals surface area contributed by atoms with Crippen LogP contribution in [-0.4, -0.2) is 36.2 Å². The zero-order valence-electron chi connectivity index (χ0n) is 4.46. The van der Waals surface area contributed by atoms with E-state index >= 15 is 0 Å². The number of aliphatic hydroxyl groups is 1. The van der Waals surface area contributed by atoms with E-state index < -0.39 is 0 Å². The van der Waals surface area contributed by atoms with Crippen LogP contribution in [0.25, 0.3) is 0 Å². The van der Waals surface area contributed by atoms with E-state index in [1.807, 2.05) is 7.05 Å². The molecule has 1 heterocycles. The third-order valence-electron chi connectivity index (χ3n) is 1.42. The Hall–Kier alpha value is -0.0800. The highest BCUT2D eigenvalue weighted by Crippen LogP contribution is 2.10. The summed E-state index contributed by atoms with van der Waals surface area (Å²) in [6.07, 6.45) is 2.10. The Labute approximate surface area is 43.7 Å². The summed E-state index contributed by atoms with van der Waals surface area (Å²) in [7, 11) is 2.00. The lowest BCUT2D eigenvalue weighted by molar-refractivity contribution is 0.120. The average Bonchev–Trinajstić information content (AvgIpc) is 1.65. The summed E-state index contributed by atoms with van der Waals surface area (Å²) in [4.78, 5) is 2.10. The van der Waals surface area contributed by atoms with Crippen molar-refractivity contribution in [1.82, 2.24) is 4.90 Å². The fourth-order valence-electron chi connectivity index (χ4n) is 0.679. The number of hydrogen-bond acceptors (Lipinski definition) is 2. The van der Waals surface area contributed by atoms with Gasteiger partial charge in [0.1, 0.15) is 0 Å². The van der Waals surface area contributed by atoms with Crippen LogP contribution in [0, 0.1) is 6.42 Å². The molecule has 2 heteroatoms. The van der Waals surface area contributed by atoms with Crippen molar-refractivity contribution in [3.8, 4) is 0 Å². The number of likely N-dealkylation sites (tertiary alicyclic amines) is 1. The van der Waals surface area contributed by atoms with Gasteiger partial charge in [0.05, 0.1) is 6.61 Å². The SMILES string of the molecule is CN1C[CH]C1CO. The monoisotopic (exact) mass is 100 g/mol. The second-order valence-corrected chi connectivity index (χ2v) is 1.93. The van der Waals surface area contributed by atoms with Gasteiger partial charge in [-0.2, -0.15) is 0 Å². The highest BCUT2D eigenvalue weighted by molar-refractivity contribution is 4.95. The molecule has 41 valence electrons. The molecule has 1 rings (SSSR count). The molecular formula is C5H10NO. The van der Waals surface area contributed by atoms with Crippen molar-refractivity contribution in [1.29, 1.82) is 0 Å². The van der Waals surface area contributed by atoms with Crippen LogP contribution in [0.5, 0.6) is 0 Å². The van der Waals surface area contributed by atoms with E-state index in [2.05, 4.69) is 11.3 Å². The van der Waals surface area contributed by atoms with E-state index in [0.717, 1.165) is 6.54 Å². The first kappa shape index (κ1) is 5.06. The van der Waals surface area contributed by atoms with E-state index in [0.29, 0.717) is 6.04 Å². The molecule has 1 saturated heterocycles. The van der Waals surface area contributed by atoms with Gasteiger partial charge >= 0.3 is 0 Å². The summed E-state index contributed by atoms with van der Waals surface area (Å²) in [5.41, 5.74) is 0. The Bertz CT molecular complexity index is 63.1. The molecule has 0 aromatic heterocycles. The predicted molar refractivity (Wildman–Crippen MR) is 27.8 cm³/mol. The molecule has 0 aromatic carbocycles. The fourth-order valence-corrected chi connectivity index (χ4v) is 0.679. The average molecular weight is 100 g/mol. The van der Waals surface area contributed by atoms with Gasteiger partial charge in [0, 0.05) is 12.6 Å². The van der Waals surface area contributed by atoms with Crippen LogP contribution >= 0.6 is 0 Å². The lowest BCUT2D eigenvalue weighted by atomic mass is 10.1. The van der Waals surface area contributed by atoms with Crippen molar-refractivity contribution >= 4 is 0 Å². The van der Waals surface area contributed by atoms with Gasteiger partial charge in [-0.1, -0.05) is 0 Å². The maximum absolute atomic E-state index is 8.48. The summed E-state index contributed by atoms with van der Waals surface area (Å²) in [5.74, 6) is 0. The zero-order valence-corrected chi connectivity index (χ0v) is 4.46. The minimum atomic E-state index is 0.274. The van der Waals surface area contributed by atoms with E-state index in [1.54, 1.807) is 0 Å². The summed E-state index contributed by atoms with van der Waals surface area (Å²) in [6.45, 7) is 1.31. The Morgan fingerprint density at radius 1 is 2.00 bits per heavy atom. The predicted octanol–water partition coefficient (Wildman–Crippen LogP) is -0.503. The molecule has 1 fully saturated rings. The maximum atomic E-state index is 8.48. The highest BCUT2D eigenvalue weighted by atomic mass is 16.3. The summed E-state index contributed by atoms with van der Waals surface area (Å²) >= 11 is 0. The molecule has 1 aliphatic heterocycles. The minimum Gasteiger partial charge on any atom is -0.395 e. The molecule has 2 nitrogen and oxygen atoms in total. The van der Waals surface area contributed by atoms with Crippen LogP contribution in [0.3, 0.4) is 0 Å². The van der Waals surface area contributed by atoms with Crippen molar-refractivity contribution in [2.75, 3.05) is 20.2 Å². The number of nitrogens with zero attached hydrogens (tertiary/aromatic N) is 1. The number of likely N-dealkylation sites (N-methyl/N-ethyl adjacent to an activating group) is 1. The van der Waals surface area contributed by atoms with Gasteiger partial charge in [0.15, 0.2) is 0 Å². The first-order valence-corrected chi connectivity index (χ1v) is 2.49. The van der Waals surface area contributed by atoms with Crippen LogP contribution < -0.4 is 0 Å². The molecule has 1 N–H and O–H groups in total. The molecule has 0 saturated carbocycles. The summed E-state index contributed by atoms with van der Waals surface area (Å²) in [6, 6.07) is 0.347. The van der Waals surface area contributed by atoms with Crippen molar-refractivity contribution in [3.63, 3.8) is 0 Å². The van der Waals surface area contributed by atoms with E-state index in [9.17, 15) is 0 Å². The molecule has 0 aromatic rings. The number of rotatable bonds is 1. The van der Waals surface area contributed by atoms with Gasteiger partial charge in [-0.05, 0) is 13.5 Å². The lowest BCUT2D eigenvalue weighted by Crippen LogP contribution is -2.47. The molecule has 0 aliphatic carbocycles. The third kappa shape index (κ3) is 0.763. The normalized spacial score (nSPS) is 32.6. The smallest absolute Gasteiger partial charge is 0.0590 e. The molecule has 1 unspecified atom stereocenters. The Morgan fingerprint density at radius 3 is 2.71 bits per heavy atom. The van der Waals surface area contributed by atoms with Gasteiger partial charge in [0.2, 0.25) is 0 Å². The maximum Gasteiger partial charge on any atom is 0.0590 e. The topological polar surface area (TPSA) is 23.5 Å². The second kappa shape index (κ2) is 1.80. The molecule has 1 aliphatic rings.